The normalized spacial score (nSPS) is 14.5. The average molecular weight is 280 g/mol. The molecular weight excluding hydrogens is 268 g/mol. The van der Waals surface area contributed by atoms with Crippen molar-refractivity contribution >= 4 is 28.2 Å². The maximum atomic E-state index is 12.3. The molecule has 0 atom stereocenters. The fourth-order valence-electron chi connectivity index (χ4n) is 2.59. The molecule has 20 heavy (non-hydrogen) atoms. The molecule has 0 saturated carbocycles. The third-order valence-electron chi connectivity index (χ3n) is 3.57. The summed E-state index contributed by atoms with van der Waals surface area (Å²) >= 11 is 1.48. The van der Waals surface area contributed by atoms with Crippen LogP contribution in [-0.4, -0.2) is 11.1 Å². The third-order valence-corrected chi connectivity index (χ3v) is 4.61. The van der Waals surface area contributed by atoms with Crippen LogP contribution >= 0.6 is 11.3 Å². The van der Waals surface area contributed by atoms with Gasteiger partial charge in [-0.05, 0) is 22.4 Å². The van der Waals surface area contributed by atoms with Crippen molar-refractivity contribution in [2.24, 2.45) is 4.99 Å². The van der Waals surface area contributed by atoms with Crippen LogP contribution in [0.2, 0.25) is 0 Å². The second kappa shape index (κ2) is 4.42. The summed E-state index contributed by atoms with van der Waals surface area (Å²) in [5, 5.41) is 2.36. The van der Waals surface area contributed by atoms with E-state index in [0.717, 1.165) is 21.4 Å². The Morgan fingerprint density at radius 2 is 2.00 bits per heavy atom. The molecule has 0 unspecified atom stereocenters. The first-order chi connectivity index (χ1) is 9.83. The van der Waals surface area contributed by atoms with Crippen LogP contribution in [0.4, 0.5) is 0 Å². The van der Waals surface area contributed by atoms with E-state index in [0.29, 0.717) is 6.54 Å². The van der Waals surface area contributed by atoms with Gasteiger partial charge in [-0.15, -0.1) is 0 Å². The topological polar surface area (TPSA) is 34.4 Å². The van der Waals surface area contributed by atoms with Gasteiger partial charge < -0.3 is 0 Å². The highest BCUT2D eigenvalue weighted by Crippen LogP contribution is 2.18. The Kier molecular flexibility index (Phi) is 2.57. The van der Waals surface area contributed by atoms with Crippen LogP contribution in [-0.2, 0) is 6.54 Å². The van der Waals surface area contributed by atoms with Crippen molar-refractivity contribution in [2.45, 2.75) is 6.54 Å². The Labute approximate surface area is 119 Å². The lowest BCUT2D eigenvalue weighted by atomic mass is 10.0. The lowest BCUT2D eigenvalue weighted by Gasteiger charge is -2.00. The predicted molar refractivity (Wildman–Crippen MR) is 81.7 cm³/mol. The van der Waals surface area contributed by atoms with Crippen LogP contribution < -0.4 is 14.9 Å². The third kappa shape index (κ3) is 1.72. The van der Waals surface area contributed by atoms with E-state index >= 15 is 0 Å². The van der Waals surface area contributed by atoms with E-state index in [1.165, 1.54) is 22.1 Å². The maximum Gasteiger partial charge on any atom is 0.270 e. The molecule has 0 amide bonds. The molecule has 0 saturated heterocycles. The monoisotopic (exact) mass is 280 g/mol. The smallest absolute Gasteiger partial charge is 0.270 e. The lowest BCUT2D eigenvalue weighted by Crippen LogP contribution is -2.29. The number of nitrogens with zero attached hydrogens (tertiary/aromatic N) is 2. The number of thiazole rings is 1. The molecule has 2 aromatic carbocycles. The minimum atomic E-state index is 0.0826. The molecule has 0 radical (unpaired) electrons. The van der Waals surface area contributed by atoms with E-state index in [9.17, 15) is 4.79 Å². The van der Waals surface area contributed by atoms with Crippen LogP contribution in [0.1, 0.15) is 5.56 Å². The van der Waals surface area contributed by atoms with Crippen LogP contribution in [0.5, 0.6) is 0 Å². The molecule has 3 nitrogen and oxygen atoms in total. The van der Waals surface area contributed by atoms with Gasteiger partial charge in [0.2, 0.25) is 0 Å². The van der Waals surface area contributed by atoms with Crippen LogP contribution in [0.25, 0.3) is 16.8 Å². The zero-order chi connectivity index (χ0) is 13.5. The number of rotatable bonds is 1. The largest absolute Gasteiger partial charge is 0.282 e. The summed E-state index contributed by atoms with van der Waals surface area (Å²) in [6.45, 7) is 1.45. The fraction of sp³-hybridized carbons (Fsp3) is 0.125. The Morgan fingerprint density at radius 3 is 2.90 bits per heavy atom. The van der Waals surface area contributed by atoms with Gasteiger partial charge in [0.05, 0.1) is 11.1 Å². The summed E-state index contributed by atoms with van der Waals surface area (Å²) in [5.41, 5.74) is 1.17. The SMILES string of the molecule is O=c1c(=Cc2cccc3ccccc23)sc2n1CCN=2. The molecule has 4 rings (SSSR count). The summed E-state index contributed by atoms with van der Waals surface area (Å²) in [7, 11) is 0. The summed E-state index contributed by atoms with van der Waals surface area (Å²) in [4.78, 5) is 17.5. The Bertz CT molecular complexity index is 976. The first kappa shape index (κ1) is 11.6. The van der Waals surface area contributed by atoms with E-state index in [1.807, 2.05) is 24.3 Å². The van der Waals surface area contributed by atoms with E-state index in [4.69, 9.17) is 0 Å². The first-order valence-corrected chi connectivity index (χ1v) is 7.38. The van der Waals surface area contributed by atoms with Crippen LogP contribution in [0.15, 0.2) is 52.3 Å². The van der Waals surface area contributed by atoms with Crippen molar-refractivity contribution in [3.05, 3.63) is 67.7 Å². The molecule has 0 N–H and O–H groups in total. The maximum absolute atomic E-state index is 12.3. The van der Waals surface area contributed by atoms with E-state index in [2.05, 4.69) is 29.3 Å². The van der Waals surface area contributed by atoms with Crippen molar-refractivity contribution in [3.8, 4) is 0 Å². The minimum absolute atomic E-state index is 0.0826. The summed E-state index contributed by atoms with van der Waals surface area (Å²) in [6.07, 6.45) is 1.98. The molecule has 1 aliphatic heterocycles. The molecule has 3 aromatic rings. The van der Waals surface area contributed by atoms with Gasteiger partial charge in [0.1, 0.15) is 0 Å². The van der Waals surface area contributed by atoms with Crippen molar-refractivity contribution in [1.29, 1.82) is 0 Å². The highest BCUT2D eigenvalue weighted by molar-refractivity contribution is 7.07. The van der Waals surface area contributed by atoms with Crippen LogP contribution in [0, 0.1) is 0 Å². The minimum Gasteiger partial charge on any atom is -0.282 e. The summed E-state index contributed by atoms with van der Waals surface area (Å²) < 4.78 is 2.53. The molecule has 0 bridgehead atoms. The molecular formula is C16H12N2OS. The van der Waals surface area contributed by atoms with Crippen LogP contribution in [0.3, 0.4) is 0 Å². The van der Waals surface area contributed by atoms with Gasteiger partial charge in [0.15, 0.2) is 4.80 Å². The zero-order valence-electron chi connectivity index (χ0n) is 10.7. The summed E-state index contributed by atoms with van der Waals surface area (Å²) in [6, 6.07) is 14.4. The number of aromatic nitrogens is 1. The Balaban J connectivity index is 2.02. The van der Waals surface area contributed by atoms with E-state index in [1.54, 1.807) is 4.57 Å². The van der Waals surface area contributed by atoms with Gasteiger partial charge in [-0.1, -0.05) is 53.8 Å². The van der Waals surface area contributed by atoms with Gasteiger partial charge in [-0.2, -0.15) is 0 Å². The number of hydrogen-bond donors (Lipinski definition) is 0. The van der Waals surface area contributed by atoms with Gasteiger partial charge in [-0.3, -0.25) is 14.4 Å². The molecule has 4 heteroatoms. The number of benzene rings is 2. The van der Waals surface area contributed by atoms with Crippen molar-refractivity contribution in [3.63, 3.8) is 0 Å². The quantitative estimate of drug-likeness (QED) is 0.665. The predicted octanol–water partition coefficient (Wildman–Crippen LogP) is 1.52. The molecule has 2 heterocycles. The van der Waals surface area contributed by atoms with Gasteiger partial charge in [0, 0.05) is 6.54 Å². The van der Waals surface area contributed by atoms with E-state index < -0.39 is 0 Å². The fourth-order valence-corrected chi connectivity index (χ4v) is 3.61. The van der Waals surface area contributed by atoms with Gasteiger partial charge in [0.25, 0.3) is 5.56 Å². The standard InChI is InChI=1S/C16H12N2OS/c19-15-14(20-16-17-8-9-18(15)16)10-12-6-3-5-11-4-1-2-7-13(11)12/h1-7,10H,8-9H2. The molecule has 0 aliphatic carbocycles. The Hall–Kier alpha value is -2.20. The van der Waals surface area contributed by atoms with Crippen molar-refractivity contribution in [2.75, 3.05) is 6.54 Å². The number of hydrogen-bond acceptors (Lipinski definition) is 3. The molecule has 1 aliphatic rings. The zero-order valence-corrected chi connectivity index (χ0v) is 11.6. The van der Waals surface area contributed by atoms with Crippen molar-refractivity contribution in [1.82, 2.24) is 4.57 Å². The second-order valence-corrected chi connectivity index (χ2v) is 5.81. The highest BCUT2D eigenvalue weighted by atomic mass is 32.1. The Morgan fingerprint density at radius 1 is 1.15 bits per heavy atom. The van der Waals surface area contributed by atoms with Gasteiger partial charge >= 0.3 is 0 Å². The molecule has 0 fully saturated rings. The van der Waals surface area contributed by atoms with Gasteiger partial charge in [-0.25, -0.2) is 0 Å². The number of fused-ring (bicyclic) bond motifs is 2. The molecule has 98 valence electrons. The molecule has 0 spiro atoms. The summed E-state index contributed by atoms with van der Waals surface area (Å²) in [5.74, 6) is 0. The highest BCUT2D eigenvalue weighted by Gasteiger charge is 2.09. The second-order valence-electron chi connectivity index (χ2n) is 4.80. The lowest BCUT2D eigenvalue weighted by molar-refractivity contribution is 0.740. The van der Waals surface area contributed by atoms with E-state index in [-0.39, 0.29) is 5.56 Å². The average Bonchev–Trinajstić information content (AvgIpc) is 3.04. The van der Waals surface area contributed by atoms with Crippen molar-refractivity contribution < 1.29 is 0 Å². The molecule has 1 aromatic heterocycles. The first-order valence-electron chi connectivity index (χ1n) is 6.56.